The molecule has 0 saturated carbocycles. The van der Waals surface area contributed by atoms with E-state index in [9.17, 15) is 13.2 Å². The first-order valence-electron chi connectivity index (χ1n) is 6.86. The molecule has 1 amide bonds. The van der Waals surface area contributed by atoms with E-state index in [1.807, 2.05) is 0 Å². The molecule has 1 saturated heterocycles. The third kappa shape index (κ3) is 3.57. The van der Waals surface area contributed by atoms with Crippen LogP contribution in [0.25, 0.3) is 0 Å². The Hall–Kier alpha value is -0.880. The van der Waals surface area contributed by atoms with Gasteiger partial charge in [-0.25, -0.2) is 8.42 Å². The van der Waals surface area contributed by atoms with Gasteiger partial charge in [-0.1, -0.05) is 12.2 Å². The molecule has 6 heteroatoms. The molecular formula is C13H22N2O3S. The van der Waals surface area contributed by atoms with Crippen molar-refractivity contribution in [2.24, 2.45) is 0 Å². The van der Waals surface area contributed by atoms with Gasteiger partial charge in [-0.3, -0.25) is 4.79 Å². The number of nitrogens with zero attached hydrogens (tertiary/aromatic N) is 1. The van der Waals surface area contributed by atoms with Crippen molar-refractivity contribution in [1.29, 1.82) is 0 Å². The molecule has 1 heterocycles. The summed E-state index contributed by atoms with van der Waals surface area (Å²) in [5.74, 6) is -0.0551. The molecule has 0 bridgehead atoms. The van der Waals surface area contributed by atoms with Crippen LogP contribution < -0.4 is 5.32 Å². The first kappa shape index (κ1) is 14.5. The largest absolute Gasteiger partial charge is 0.337 e. The molecule has 0 aromatic rings. The number of sulfone groups is 1. The number of carbonyl (C=O) groups excluding carboxylic acids is 1. The van der Waals surface area contributed by atoms with Crippen LogP contribution in [0.1, 0.15) is 25.7 Å². The Morgan fingerprint density at radius 1 is 1.26 bits per heavy atom. The second-order valence-corrected chi connectivity index (χ2v) is 7.50. The summed E-state index contributed by atoms with van der Waals surface area (Å²) in [6, 6.07) is -0.421. The summed E-state index contributed by atoms with van der Waals surface area (Å²) < 4.78 is 23.7. The molecule has 0 radical (unpaired) electrons. The van der Waals surface area contributed by atoms with Gasteiger partial charge in [0.15, 0.2) is 9.84 Å². The van der Waals surface area contributed by atoms with E-state index in [2.05, 4.69) is 17.5 Å². The second kappa shape index (κ2) is 6.05. The van der Waals surface area contributed by atoms with Crippen molar-refractivity contribution in [3.05, 3.63) is 12.2 Å². The van der Waals surface area contributed by atoms with E-state index < -0.39 is 15.9 Å². The molecule has 108 valence electrons. The fourth-order valence-corrected chi connectivity index (χ4v) is 4.25. The molecule has 1 unspecified atom stereocenters. The van der Waals surface area contributed by atoms with Crippen LogP contribution in [0.5, 0.6) is 0 Å². The Bertz CT molecular complexity index is 449. The highest BCUT2D eigenvalue weighted by Crippen LogP contribution is 2.20. The topological polar surface area (TPSA) is 66.5 Å². The molecule has 2 aliphatic rings. The molecule has 0 spiro atoms. The van der Waals surface area contributed by atoms with Gasteiger partial charge < -0.3 is 10.2 Å². The Labute approximate surface area is 115 Å². The molecular weight excluding hydrogens is 264 g/mol. The van der Waals surface area contributed by atoms with E-state index in [1.54, 1.807) is 11.9 Å². The van der Waals surface area contributed by atoms with E-state index in [-0.39, 0.29) is 23.5 Å². The second-order valence-electron chi connectivity index (χ2n) is 5.27. The summed E-state index contributed by atoms with van der Waals surface area (Å²) in [6.45, 7) is 0.337. The minimum absolute atomic E-state index is 0.0597. The fraction of sp³-hybridized carbons (Fsp3) is 0.769. The van der Waals surface area contributed by atoms with Crippen LogP contribution in [-0.4, -0.2) is 56.4 Å². The lowest BCUT2D eigenvalue weighted by Gasteiger charge is -2.31. The minimum Gasteiger partial charge on any atom is -0.337 e. The lowest BCUT2D eigenvalue weighted by Crippen LogP contribution is -2.50. The van der Waals surface area contributed by atoms with Gasteiger partial charge in [0.05, 0.1) is 11.5 Å². The van der Waals surface area contributed by atoms with Crippen LogP contribution in [0.15, 0.2) is 12.2 Å². The van der Waals surface area contributed by atoms with Crippen molar-refractivity contribution in [2.75, 3.05) is 25.1 Å². The van der Waals surface area contributed by atoms with Crippen LogP contribution >= 0.6 is 0 Å². The van der Waals surface area contributed by atoms with Gasteiger partial charge in [0.2, 0.25) is 5.91 Å². The third-order valence-corrected chi connectivity index (χ3v) is 5.58. The number of amides is 1. The highest BCUT2D eigenvalue weighted by atomic mass is 32.2. The number of hydrogen-bond acceptors (Lipinski definition) is 4. The maximum atomic E-state index is 12.5. The zero-order valence-corrected chi connectivity index (χ0v) is 12.2. The Morgan fingerprint density at radius 3 is 2.47 bits per heavy atom. The van der Waals surface area contributed by atoms with Gasteiger partial charge in [-0.15, -0.1) is 0 Å². The summed E-state index contributed by atoms with van der Waals surface area (Å²) >= 11 is 0. The molecule has 1 aliphatic heterocycles. The quantitative estimate of drug-likeness (QED) is 0.743. The van der Waals surface area contributed by atoms with Gasteiger partial charge in [0.25, 0.3) is 0 Å². The average molecular weight is 286 g/mol. The van der Waals surface area contributed by atoms with Gasteiger partial charge in [0, 0.05) is 12.6 Å². The lowest BCUT2D eigenvalue weighted by molar-refractivity contribution is -0.134. The van der Waals surface area contributed by atoms with Crippen molar-refractivity contribution < 1.29 is 13.2 Å². The van der Waals surface area contributed by atoms with E-state index in [4.69, 9.17) is 0 Å². The van der Waals surface area contributed by atoms with Crippen molar-refractivity contribution in [3.63, 3.8) is 0 Å². The van der Waals surface area contributed by atoms with Crippen molar-refractivity contribution in [1.82, 2.24) is 10.2 Å². The number of nitrogens with one attached hydrogen (secondary N) is 1. The minimum atomic E-state index is -3.13. The standard InChI is InChI=1S/C13H22N2O3S/c1-14-12-10-19(17,18)9-8-15(13(12)16)11-6-4-2-3-5-7-11/h2-3,11-12,14H,4-10H2,1H3. The first-order chi connectivity index (χ1) is 9.03. The third-order valence-electron chi connectivity index (χ3n) is 3.93. The molecule has 5 nitrogen and oxygen atoms in total. The van der Waals surface area contributed by atoms with Crippen LogP contribution in [-0.2, 0) is 14.6 Å². The number of rotatable bonds is 2. The summed E-state index contributed by atoms with van der Waals surface area (Å²) in [4.78, 5) is 14.2. The van der Waals surface area contributed by atoms with Gasteiger partial charge in [-0.05, 0) is 32.7 Å². The zero-order chi connectivity index (χ0) is 13.9. The summed E-state index contributed by atoms with van der Waals surface area (Å²) in [6.07, 6.45) is 8.08. The normalized spacial score (nSPS) is 29.0. The van der Waals surface area contributed by atoms with E-state index in [1.165, 1.54) is 0 Å². The maximum Gasteiger partial charge on any atom is 0.241 e. The van der Waals surface area contributed by atoms with E-state index in [0.717, 1.165) is 25.7 Å². The molecule has 2 rings (SSSR count). The Balaban J connectivity index is 2.16. The number of allylic oxidation sites excluding steroid dienone is 2. The number of carbonyl (C=O) groups is 1. The molecule has 0 aromatic heterocycles. The van der Waals surface area contributed by atoms with Crippen molar-refractivity contribution in [3.8, 4) is 0 Å². The Kier molecular flexibility index (Phi) is 4.62. The molecule has 19 heavy (non-hydrogen) atoms. The number of likely N-dealkylation sites (N-methyl/N-ethyl adjacent to an activating group) is 1. The fourth-order valence-electron chi connectivity index (χ4n) is 2.79. The maximum absolute atomic E-state index is 12.5. The molecule has 1 fully saturated rings. The summed E-state index contributed by atoms with van der Waals surface area (Å²) in [7, 11) is -1.49. The SMILES string of the molecule is CNC1CS(=O)(=O)CCN(C2CCC=CCC2)C1=O. The monoisotopic (exact) mass is 286 g/mol. The van der Waals surface area contributed by atoms with Crippen LogP contribution in [0.3, 0.4) is 0 Å². The van der Waals surface area contributed by atoms with Gasteiger partial charge >= 0.3 is 0 Å². The van der Waals surface area contributed by atoms with Crippen molar-refractivity contribution in [2.45, 2.75) is 37.8 Å². The van der Waals surface area contributed by atoms with E-state index in [0.29, 0.717) is 6.54 Å². The van der Waals surface area contributed by atoms with Gasteiger partial charge in [-0.2, -0.15) is 0 Å². The summed E-state index contributed by atoms with van der Waals surface area (Å²) in [5, 5.41) is 2.85. The van der Waals surface area contributed by atoms with Gasteiger partial charge in [0.1, 0.15) is 6.04 Å². The zero-order valence-electron chi connectivity index (χ0n) is 11.3. The molecule has 1 atom stereocenters. The molecule has 1 aliphatic carbocycles. The lowest BCUT2D eigenvalue weighted by atomic mass is 10.1. The average Bonchev–Trinajstić information content (AvgIpc) is 2.69. The van der Waals surface area contributed by atoms with Crippen LogP contribution in [0.4, 0.5) is 0 Å². The predicted octanol–water partition coefficient (Wildman–Crippen LogP) is 0.330. The highest BCUT2D eigenvalue weighted by molar-refractivity contribution is 7.91. The van der Waals surface area contributed by atoms with E-state index >= 15 is 0 Å². The Morgan fingerprint density at radius 2 is 1.89 bits per heavy atom. The first-order valence-corrected chi connectivity index (χ1v) is 8.69. The summed E-state index contributed by atoms with van der Waals surface area (Å²) in [5.41, 5.74) is 0. The molecule has 1 N–H and O–H groups in total. The number of hydrogen-bond donors (Lipinski definition) is 1. The smallest absolute Gasteiger partial charge is 0.241 e. The molecule has 0 aromatic carbocycles. The van der Waals surface area contributed by atoms with Crippen molar-refractivity contribution >= 4 is 15.7 Å². The predicted molar refractivity (Wildman–Crippen MR) is 74.6 cm³/mol. The van der Waals surface area contributed by atoms with Crippen LogP contribution in [0.2, 0.25) is 0 Å². The van der Waals surface area contributed by atoms with Crippen LogP contribution in [0, 0.1) is 0 Å². The highest BCUT2D eigenvalue weighted by Gasteiger charge is 2.35.